The summed E-state index contributed by atoms with van der Waals surface area (Å²) in [6, 6.07) is 12.3. The number of nitrogens with zero attached hydrogens (tertiary/aromatic N) is 1. The number of halogens is 1. The number of hydrogen-bond donors (Lipinski definition) is 1. The number of aromatic hydroxyl groups is 1. The van der Waals surface area contributed by atoms with Gasteiger partial charge in [0.25, 0.3) is 0 Å². The molecule has 4 heteroatoms. The number of phenolic OH excluding ortho intramolecular Hbond substituents is 1. The number of ether oxygens (including phenoxy) is 1. The van der Waals surface area contributed by atoms with Crippen LogP contribution in [0.3, 0.4) is 0 Å². The maximum absolute atomic E-state index is 13.6. The second-order valence-electron chi connectivity index (χ2n) is 9.22. The van der Waals surface area contributed by atoms with Crippen molar-refractivity contribution in [3.8, 4) is 11.4 Å². The van der Waals surface area contributed by atoms with Crippen LogP contribution in [0.1, 0.15) is 51.3 Å². The largest absolute Gasteiger partial charge is 0.507 e. The van der Waals surface area contributed by atoms with E-state index in [0.717, 1.165) is 41.4 Å². The van der Waals surface area contributed by atoms with Crippen molar-refractivity contribution in [3.05, 3.63) is 59.5 Å². The molecule has 0 bridgehead atoms. The second kappa shape index (κ2) is 5.84. The van der Waals surface area contributed by atoms with Crippen molar-refractivity contribution in [2.75, 3.05) is 6.61 Å². The summed E-state index contributed by atoms with van der Waals surface area (Å²) in [5, 5.41) is 11.8. The third kappa shape index (κ3) is 2.37. The summed E-state index contributed by atoms with van der Waals surface area (Å²) in [5.74, 6) is 0.625. The molecule has 2 aliphatic rings. The number of phenols is 1. The highest BCUT2D eigenvalue weighted by Gasteiger charge is 2.51. The van der Waals surface area contributed by atoms with E-state index in [1.807, 2.05) is 24.3 Å². The van der Waals surface area contributed by atoms with Gasteiger partial charge in [-0.25, -0.2) is 4.39 Å². The minimum absolute atomic E-state index is 0.230. The van der Waals surface area contributed by atoms with Gasteiger partial charge in [0.15, 0.2) is 0 Å². The second-order valence-corrected chi connectivity index (χ2v) is 9.22. The monoisotopic (exact) mass is 379 g/mol. The Morgan fingerprint density at radius 3 is 2.57 bits per heavy atom. The van der Waals surface area contributed by atoms with Gasteiger partial charge in [-0.3, -0.25) is 0 Å². The standard InChI is InChI=1S/C24H26FNO2/c1-15-11-12-24(13-15)21-20-18(5-4-6-19(20)27)26(17-9-7-16(25)8-10-17)22(21)23(2,3)14-28-24/h4-10,15,27H,11-14H2,1-3H3/t15-,24+/m0/s1. The molecular formula is C24H26FNO2. The van der Waals surface area contributed by atoms with E-state index in [9.17, 15) is 9.50 Å². The predicted octanol–water partition coefficient (Wildman–Crippen LogP) is 5.80. The Labute approximate surface area is 164 Å². The van der Waals surface area contributed by atoms with Gasteiger partial charge in [-0.2, -0.15) is 0 Å². The Hall–Kier alpha value is -2.33. The number of benzene rings is 2. The number of aromatic nitrogens is 1. The van der Waals surface area contributed by atoms with E-state index in [2.05, 4.69) is 25.3 Å². The molecule has 28 heavy (non-hydrogen) atoms. The molecule has 0 saturated heterocycles. The fourth-order valence-corrected chi connectivity index (χ4v) is 5.33. The molecule has 2 heterocycles. The SMILES string of the molecule is C[C@H]1CC[C@]2(C1)OCC(C)(C)c1c2c2c(O)cccc2n1-c1ccc(F)cc1. The van der Waals surface area contributed by atoms with Crippen LogP contribution in [0.2, 0.25) is 0 Å². The van der Waals surface area contributed by atoms with Gasteiger partial charge < -0.3 is 14.4 Å². The first-order valence-corrected chi connectivity index (χ1v) is 10.1. The topological polar surface area (TPSA) is 34.4 Å². The highest BCUT2D eigenvalue weighted by Crippen LogP contribution is 2.56. The molecule has 1 aromatic heterocycles. The van der Waals surface area contributed by atoms with Crippen molar-refractivity contribution in [2.45, 2.75) is 51.0 Å². The molecule has 2 aromatic carbocycles. The molecule has 1 saturated carbocycles. The molecule has 3 nitrogen and oxygen atoms in total. The Kier molecular flexibility index (Phi) is 3.70. The van der Waals surface area contributed by atoms with Crippen molar-refractivity contribution >= 4 is 10.9 Å². The van der Waals surface area contributed by atoms with Crippen LogP contribution in [0, 0.1) is 11.7 Å². The number of hydrogen-bond acceptors (Lipinski definition) is 2. The van der Waals surface area contributed by atoms with Gasteiger partial charge in [0, 0.05) is 27.7 Å². The van der Waals surface area contributed by atoms with E-state index in [4.69, 9.17) is 4.74 Å². The Bertz CT molecular complexity index is 1070. The summed E-state index contributed by atoms with van der Waals surface area (Å²) in [4.78, 5) is 0. The maximum atomic E-state index is 13.6. The van der Waals surface area contributed by atoms with Crippen LogP contribution in [-0.2, 0) is 15.8 Å². The highest BCUT2D eigenvalue weighted by molar-refractivity contribution is 5.94. The van der Waals surface area contributed by atoms with Crippen LogP contribution >= 0.6 is 0 Å². The predicted molar refractivity (Wildman–Crippen MR) is 109 cm³/mol. The molecule has 0 amide bonds. The van der Waals surface area contributed by atoms with E-state index >= 15 is 0 Å². The van der Waals surface area contributed by atoms with E-state index in [1.165, 1.54) is 17.8 Å². The minimum Gasteiger partial charge on any atom is -0.507 e. The molecular weight excluding hydrogens is 353 g/mol. The Morgan fingerprint density at radius 2 is 1.89 bits per heavy atom. The summed E-state index contributed by atoms with van der Waals surface area (Å²) >= 11 is 0. The lowest BCUT2D eigenvalue weighted by molar-refractivity contribution is -0.0819. The lowest BCUT2D eigenvalue weighted by Gasteiger charge is -2.43. The molecule has 2 atom stereocenters. The third-order valence-corrected chi connectivity index (χ3v) is 6.58. The van der Waals surface area contributed by atoms with Crippen molar-refractivity contribution < 1.29 is 14.2 Å². The van der Waals surface area contributed by atoms with Gasteiger partial charge in [0.1, 0.15) is 11.6 Å². The molecule has 1 N–H and O–H groups in total. The molecule has 5 rings (SSSR count). The summed E-state index contributed by atoms with van der Waals surface area (Å²) in [5.41, 5.74) is 3.59. The summed E-state index contributed by atoms with van der Waals surface area (Å²) < 4.78 is 22.4. The maximum Gasteiger partial charge on any atom is 0.125 e. The Balaban J connectivity index is 1.92. The molecule has 146 valence electrons. The van der Waals surface area contributed by atoms with Crippen molar-refractivity contribution in [1.29, 1.82) is 0 Å². The van der Waals surface area contributed by atoms with E-state index < -0.39 is 0 Å². The zero-order valence-corrected chi connectivity index (χ0v) is 16.6. The zero-order chi connectivity index (χ0) is 19.7. The lowest BCUT2D eigenvalue weighted by atomic mass is 9.76. The van der Waals surface area contributed by atoms with Crippen molar-refractivity contribution in [3.63, 3.8) is 0 Å². The quantitative estimate of drug-likeness (QED) is 0.580. The van der Waals surface area contributed by atoms with Crippen LogP contribution in [0.25, 0.3) is 16.6 Å². The van der Waals surface area contributed by atoms with Crippen LogP contribution in [0.4, 0.5) is 4.39 Å². The van der Waals surface area contributed by atoms with Crippen molar-refractivity contribution in [1.82, 2.24) is 4.57 Å². The number of rotatable bonds is 1. The average Bonchev–Trinajstić information content (AvgIpc) is 3.21. The van der Waals surface area contributed by atoms with Gasteiger partial charge in [-0.15, -0.1) is 0 Å². The molecule has 1 aliphatic carbocycles. The first kappa shape index (κ1) is 17.7. The molecule has 0 unspecified atom stereocenters. The fraction of sp³-hybridized carbons (Fsp3) is 0.417. The molecule has 1 aliphatic heterocycles. The molecule has 1 fully saturated rings. The molecule has 1 spiro atoms. The Morgan fingerprint density at radius 1 is 1.14 bits per heavy atom. The fourth-order valence-electron chi connectivity index (χ4n) is 5.33. The number of fused-ring (bicyclic) bond motifs is 4. The van der Waals surface area contributed by atoms with Gasteiger partial charge in [-0.1, -0.05) is 26.8 Å². The van der Waals surface area contributed by atoms with Gasteiger partial charge >= 0.3 is 0 Å². The van der Waals surface area contributed by atoms with Crippen LogP contribution < -0.4 is 0 Å². The van der Waals surface area contributed by atoms with Gasteiger partial charge in [-0.05, 0) is 61.6 Å². The summed E-state index contributed by atoms with van der Waals surface area (Å²) in [6.45, 7) is 7.28. The average molecular weight is 379 g/mol. The normalized spacial score (nSPS) is 26.1. The van der Waals surface area contributed by atoms with Crippen molar-refractivity contribution in [2.24, 2.45) is 5.92 Å². The lowest BCUT2D eigenvalue weighted by Crippen LogP contribution is -2.42. The van der Waals surface area contributed by atoms with Gasteiger partial charge in [0.2, 0.25) is 0 Å². The van der Waals surface area contributed by atoms with Gasteiger partial charge in [0.05, 0.1) is 17.7 Å². The first-order valence-electron chi connectivity index (χ1n) is 10.1. The highest BCUT2D eigenvalue weighted by atomic mass is 19.1. The van der Waals surface area contributed by atoms with Crippen LogP contribution in [0.5, 0.6) is 5.75 Å². The van der Waals surface area contributed by atoms with Crippen LogP contribution in [0.15, 0.2) is 42.5 Å². The smallest absolute Gasteiger partial charge is 0.125 e. The summed E-state index contributed by atoms with van der Waals surface area (Å²) in [6.07, 6.45) is 3.05. The molecule has 0 radical (unpaired) electrons. The van der Waals surface area contributed by atoms with Crippen LogP contribution in [-0.4, -0.2) is 16.3 Å². The first-order chi connectivity index (χ1) is 13.3. The van der Waals surface area contributed by atoms with E-state index in [1.54, 1.807) is 6.07 Å². The van der Waals surface area contributed by atoms with E-state index in [0.29, 0.717) is 12.5 Å². The minimum atomic E-state index is -0.355. The zero-order valence-electron chi connectivity index (χ0n) is 16.6. The van der Waals surface area contributed by atoms with E-state index in [-0.39, 0.29) is 22.6 Å². The molecule has 3 aromatic rings. The summed E-state index contributed by atoms with van der Waals surface area (Å²) in [7, 11) is 0. The third-order valence-electron chi connectivity index (χ3n) is 6.58.